The van der Waals surface area contributed by atoms with Crippen LogP contribution in [0.3, 0.4) is 0 Å². The molecule has 2 saturated heterocycles. The van der Waals surface area contributed by atoms with Gasteiger partial charge in [0.2, 0.25) is 10.0 Å². The first-order valence-electron chi connectivity index (χ1n) is 11.5. The van der Waals surface area contributed by atoms with Crippen LogP contribution in [-0.4, -0.2) is 75.9 Å². The largest absolute Gasteiger partial charge is 0.369 e. The van der Waals surface area contributed by atoms with Gasteiger partial charge in [0.1, 0.15) is 0 Å². The number of nitrogens with one attached hydrogen (secondary N) is 1. The molecule has 7 nitrogen and oxygen atoms in total. The van der Waals surface area contributed by atoms with Crippen LogP contribution in [0.5, 0.6) is 0 Å². The molecule has 2 heterocycles. The molecule has 10 heteroatoms. The first kappa shape index (κ1) is 25.7. The molecule has 2 aliphatic rings. The van der Waals surface area contributed by atoms with Crippen LogP contribution in [0.2, 0.25) is 5.02 Å². The van der Waals surface area contributed by atoms with Crippen molar-refractivity contribution in [3.05, 3.63) is 71.2 Å². The summed E-state index contributed by atoms with van der Waals surface area (Å²) in [5.41, 5.74) is 1.75. The van der Waals surface area contributed by atoms with Crippen molar-refractivity contribution in [3.63, 3.8) is 0 Å². The standard InChI is InChI=1S/C25H27ClN4O3S.ClH/c26-22-5-1-21-18-24(8-4-20(21)17-22)34(32,33)30-15-13-29(14-16-30)25(31)19-2-6-23(7-3-19)28-11-9-27-10-12-28;/h1-8,17-18,27H,9-16H2;1H. The number of anilines is 1. The number of nitrogens with zero attached hydrogens (tertiary/aromatic N) is 3. The zero-order chi connectivity index (χ0) is 23.7. The van der Waals surface area contributed by atoms with Gasteiger partial charge in [0.25, 0.3) is 5.91 Å². The minimum atomic E-state index is -3.64. The zero-order valence-electron chi connectivity index (χ0n) is 19.2. The van der Waals surface area contributed by atoms with Gasteiger partial charge in [-0.05, 0) is 59.3 Å². The molecular weight excluding hydrogens is 507 g/mol. The van der Waals surface area contributed by atoms with Crippen molar-refractivity contribution in [2.24, 2.45) is 0 Å². The third kappa shape index (κ3) is 5.42. The third-order valence-electron chi connectivity index (χ3n) is 6.53. The Morgan fingerprint density at radius 2 is 1.43 bits per heavy atom. The smallest absolute Gasteiger partial charge is 0.253 e. The Labute approximate surface area is 217 Å². The number of hydrogen-bond acceptors (Lipinski definition) is 5. The van der Waals surface area contributed by atoms with Crippen LogP contribution in [0.25, 0.3) is 10.8 Å². The number of amides is 1. The Kier molecular flexibility index (Phi) is 7.88. The van der Waals surface area contributed by atoms with Gasteiger partial charge < -0.3 is 15.1 Å². The monoisotopic (exact) mass is 534 g/mol. The summed E-state index contributed by atoms with van der Waals surface area (Å²) in [5.74, 6) is -0.0634. The van der Waals surface area contributed by atoms with Crippen molar-refractivity contribution >= 4 is 56.4 Å². The number of piperazine rings is 2. The molecule has 2 fully saturated rings. The highest BCUT2D eigenvalue weighted by Crippen LogP contribution is 2.25. The van der Waals surface area contributed by atoms with Crippen molar-refractivity contribution < 1.29 is 13.2 Å². The molecule has 0 aromatic heterocycles. The third-order valence-corrected chi connectivity index (χ3v) is 8.66. The number of sulfonamides is 1. The van der Waals surface area contributed by atoms with E-state index in [1.165, 1.54) is 4.31 Å². The second-order valence-corrected chi connectivity index (χ2v) is 11.0. The number of carbonyl (C=O) groups excluding carboxylic acids is 1. The molecule has 1 N–H and O–H groups in total. The molecule has 0 bridgehead atoms. The number of hydrogen-bond donors (Lipinski definition) is 1. The molecule has 3 aromatic carbocycles. The van der Waals surface area contributed by atoms with E-state index in [1.807, 2.05) is 36.4 Å². The summed E-state index contributed by atoms with van der Waals surface area (Å²) in [6.07, 6.45) is 0. The Morgan fingerprint density at radius 1 is 0.800 bits per heavy atom. The fourth-order valence-corrected chi connectivity index (χ4v) is 6.19. The first-order valence-corrected chi connectivity index (χ1v) is 13.3. The van der Waals surface area contributed by atoms with Crippen LogP contribution in [0, 0.1) is 0 Å². The fraction of sp³-hybridized carbons (Fsp3) is 0.320. The average Bonchev–Trinajstić information content (AvgIpc) is 2.88. The van der Waals surface area contributed by atoms with Crippen LogP contribution in [0.1, 0.15) is 10.4 Å². The van der Waals surface area contributed by atoms with Crippen molar-refractivity contribution in [1.82, 2.24) is 14.5 Å². The minimum Gasteiger partial charge on any atom is -0.369 e. The molecule has 0 radical (unpaired) electrons. The molecule has 0 saturated carbocycles. The van der Waals surface area contributed by atoms with Crippen molar-refractivity contribution in [3.8, 4) is 0 Å². The predicted octanol–water partition coefficient (Wildman–Crippen LogP) is 3.47. The second-order valence-electron chi connectivity index (χ2n) is 8.63. The number of carbonyl (C=O) groups is 1. The maximum absolute atomic E-state index is 13.2. The van der Waals surface area contributed by atoms with Gasteiger partial charge >= 0.3 is 0 Å². The van der Waals surface area contributed by atoms with E-state index < -0.39 is 10.0 Å². The summed E-state index contributed by atoms with van der Waals surface area (Å²) in [6, 6.07) is 18.2. The van der Waals surface area contributed by atoms with Gasteiger partial charge in [0.05, 0.1) is 4.90 Å². The van der Waals surface area contributed by atoms with Crippen molar-refractivity contribution in [2.45, 2.75) is 4.90 Å². The number of fused-ring (bicyclic) bond motifs is 1. The summed E-state index contributed by atoms with van der Waals surface area (Å²) in [4.78, 5) is 17.3. The van der Waals surface area contributed by atoms with Crippen LogP contribution in [0.15, 0.2) is 65.6 Å². The van der Waals surface area contributed by atoms with Gasteiger partial charge in [-0.2, -0.15) is 4.31 Å². The van der Waals surface area contributed by atoms with E-state index >= 15 is 0 Å². The van der Waals surface area contributed by atoms with Crippen molar-refractivity contribution in [1.29, 1.82) is 0 Å². The number of benzene rings is 3. The number of halogens is 2. The van der Waals surface area contributed by atoms with Crippen molar-refractivity contribution in [2.75, 3.05) is 57.3 Å². The summed E-state index contributed by atoms with van der Waals surface area (Å²) in [7, 11) is -3.64. The summed E-state index contributed by atoms with van der Waals surface area (Å²) >= 11 is 6.03. The first-order chi connectivity index (χ1) is 16.4. The maximum atomic E-state index is 13.2. The Morgan fingerprint density at radius 3 is 2.11 bits per heavy atom. The van der Waals surface area contributed by atoms with Crippen LogP contribution >= 0.6 is 24.0 Å². The van der Waals surface area contributed by atoms with E-state index in [1.54, 1.807) is 29.2 Å². The topological polar surface area (TPSA) is 73.0 Å². The van der Waals surface area contributed by atoms with Gasteiger partial charge in [-0.15, -0.1) is 12.4 Å². The molecule has 186 valence electrons. The highest BCUT2D eigenvalue weighted by molar-refractivity contribution is 7.89. The van der Waals surface area contributed by atoms with Gasteiger partial charge in [0, 0.05) is 68.6 Å². The molecule has 3 aromatic rings. The lowest BCUT2D eigenvalue weighted by molar-refractivity contribution is 0.0698. The second kappa shape index (κ2) is 10.7. The lowest BCUT2D eigenvalue weighted by atomic mass is 10.1. The Hall–Kier alpha value is -2.36. The van der Waals surface area contributed by atoms with E-state index in [2.05, 4.69) is 10.2 Å². The molecule has 5 rings (SSSR count). The van der Waals surface area contributed by atoms with Crippen LogP contribution < -0.4 is 10.2 Å². The Bertz CT molecular complexity index is 1300. The van der Waals surface area contributed by atoms with E-state index in [4.69, 9.17) is 11.6 Å². The van der Waals surface area contributed by atoms with Gasteiger partial charge in [-0.25, -0.2) is 8.42 Å². The zero-order valence-corrected chi connectivity index (χ0v) is 21.6. The average molecular weight is 535 g/mol. The van der Waals surface area contributed by atoms with Gasteiger partial charge in [0.15, 0.2) is 0 Å². The predicted molar refractivity (Wildman–Crippen MR) is 142 cm³/mol. The molecule has 0 aliphatic carbocycles. The molecular formula is C25H28Cl2N4O3S. The quantitative estimate of drug-likeness (QED) is 0.554. The summed E-state index contributed by atoms with van der Waals surface area (Å²) < 4.78 is 27.9. The molecule has 0 unspecified atom stereocenters. The van der Waals surface area contributed by atoms with Gasteiger partial charge in [-0.1, -0.05) is 23.7 Å². The Balaban J connectivity index is 0.00000289. The van der Waals surface area contributed by atoms with E-state index in [0.29, 0.717) is 23.7 Å². The van der Waals surface area contributed by atoms with Crippen LogP contribution in [-0.2, 0) is 10.0 Å². The lowest BCUT2D eigenvalue weighted by Gasteiger charge is -2.34. The SMILES string of the molecule is Cl.O=C(c1ccc(N2CCNCC2)cc1)N1CCN(S(=O)(=O)c2ccc3cc(Cl)ccc3c2)CC1. The molecule has 0 atom stereocenters. The maximum Gasteiger partial charge on any atom is 0.253 e. The molecule has 1 amide bonds. The molecule has 0 spiro atoms. The normalized spacial score (nSPS) is 17.3. The molecule has 35 heavy (non-hydrogen) atoms. The highest BCUT2D eigenvalue weighted by Gasteiger charge is 2.30. The summed E-state index contributed by atoms with van der Waals surface area (Å²) in [5, 5.41) is 5.67. The highest BCUT2D eigenvalue weighted by atomic mass is 35.5. The van der Waals surface area contributed by atoms with Crippen LogP contribution in [0.4, 0.5) is 5.69 Å². The number of rotatable bonds is 4. The summed E-state index contributed by atoms with van der Waals surface area (Å²) in [6.45, 7) is 5.09. The molecule has 2 aliphatic heterocycles. The van der Waals surface area contributed by atoms with Gasteiger partial charge in [-0.3, -0.25) is 4.79 Å². The lowest BCUT2D eigenvalue weighted by Crippen LogP contribution is -2.50. The van der Waals surface area contributed by atoms with E-state index in [0.717, 1.165) is 42.6 Å². The minimum absolute atomic E-state index is 0. The fourth-order valence-electron chi connectivity index (χ4n) is 4.56. The van der Waals surface area contributed by atoms with E-state index in [-0.39, 0.29) is 36.3 Å². The van der Waals surface area contributed by atoms with E-state index in [9.17, 15) is 13.2 Å².